The summed E-state index contributed by atoms with van der Waals surface area (Å²) in [4.78, 5) is 0. The van der Waals surface area contributed by atoms with Gasteiger partial charge in [0.05, 0.1) is 0 Å². The molecule has 0 heterocycles. The molecular weight excluding hydrogens is 240 g/mol. The van der Waals surface area contributed by atoms with Crippen molar-refractivity contribution in [2.75, 3.05) is 0 Å². The number of hydrogen-bond acceptors (Lipinski definition) is 4. The molecule has 0 radical (unpaired) electrons. The molecule has 4 nitrogen and oxygen atoms in total. The van der Waals surface area contributed by atoms with Crippen LogP contribution in [0.2, 0.25) is 0 Å². The van der Waals surface area contributed by atoms with Crippen LogP contribution in [0.5, 0.6) is 0 Å². The summed E-state index contributed by atoms with van der Waals surface area (Å²) in [5.41, 5.74) is 0. The van der Waals surface area contributed by atoms with Crippen molar-refractivity contribution in [3.63, 3.8) is 0 Å². The van der Waals surface area contributed by atoms with E-state index < -0.39 is 0 Å². The van der Waals surface area contributed by atoms with E-state index in [0.717, 1.165) is 12.5 Å². The Hall–Kier alpha value is -2.98. The van der Waals surface area contributed by atoms with Gasteiger partial charge in [-0.15, -0.1) is 0 Å². The number of benzene rings is 2. The fourth-order valence-corrected chi connectivity index (χ4v) is 0.770. The molecule has 4 heteroatoms. The fraction of sp³-hybridized carbons (Fsp3) is 0.0667. The average molecular weight is 258 g/mol. The minimum atomic E-state index is 0. The lowest BCUT2D eigenvalue weighted by atomic mass is 10.4. The van der Waals surface area contributed by atoms with Crippen LogP contribution in [0, 0.1) is 23.0 Å². The Kier molecular flexibility index (Phi) is 27.3. The van der Waals surface area contributed by atoms with Gasteiger partial charge in [0.1, 0.15) is 0 Å². The first-order valence-electron chi connectivity index (χ1n) is 4.89. The highest BCUT2D eigenvalue weighted by atomic mass is 16.2. The molecule has 2 rings (SSSR count). The Morgan fingerprint density at radius 2 is 0.526 bits per heavy atom. The number of nitriles is 2. The lowest BCUT2D eigenvalue weighted by molar-refractivity contribution is 0.502. The van der Waals surface area contributed by atoms with Crippen molar-refractivity contribution < 1.29 is 10.2 Å². The van der Waals surface area contributed by atoms with Gasteiger partial charge in [-0.3, -0.25) is 0 Å². The van der Waals surface area contributed by atoms with Gasteiger partial charge in [-0.05, 0) is 0 Å². The minimum absolute atomic E-state index is 0. The van der Waals surface area contributed by atoms with Crippen LogP contribution in [0.25, 0.3) is 0 Å². The first-order valence-corrected chi connectivity index (χ1v) is 4.89. The van der Waals surface area contributed by atoms with Crippen molar-refractivity contribution in [1.29, 1.82) is 10.5 Å². The zero-order valence-corrected chi connectivity index (χ0v) is 9.72. The molecular formula is C15H18N2O2. The first kappa shape index (κ1) is 21.3. The van der Waals surface area contributed by atoms with E-state index in [1.54, 1.807) is 0 Å². The summed E-state index contributed by atoms with van der Waals surface area (Å²) >= 11 is 0. The summed E-state index contributed by atoms with van der Waals surface area (Å²) in [5.74, 6) is 0. The molecule has 0 aromatic heterocycles. The Labute approximate surface area is 114 Å². The zero-order chi connectivity index (χ0) is 13.9. The zero-order valence-electron chi connectivity index (χ0n) is 9.72. The summed E-state index contributed by atoms with van der Waals surface area (Å²) in [5, 5.41) is 27.5. The van der Waals surface area contributed by atoms with Gasteiger partial charge in [0, 0.05) is 0 Å². The third-order valence-electron chi connectivity index (χ3n) is 1.33. The van der Waals surface area contributed by atoms with E-state index in [1.165, 1.54) is 0 Å². The van der Waals surface area contributed by atoms with Crippen LogP contribution in [-0.2, 0) is 0 Å². The van der Waals surface area contributed by atoms with E-state index in [9.17, 15) is 0 Å². The number of hydrogen-bond donors (Lipinski definition) is 2. The van der Waals surface area contributed by atoms with Gasteiger partial charge < -0.3 is 10.2 Å². The maximum absolute atomic E-state index is 6.88. The second kappa shape index (κ2) is 24.3. The van der Waals surface area contributed by atoms with Gasteiger partial charge >= 0.3 is 0 Å². The molecule has 100 valence electrons. The highest BCUT2D eigenvalue weighted by Gasteiger charge is 1.58. The molecule has 0 saturated heterocycles. The van der Waals surface area contributed by atoms with E-state index in [0.29, 0.717) is 0 Å². The topological polar surface area (TPSA) is 88.0 Å². The van der Waals surface area contributed by atoms with Gasteiger partial charge in [0.2, 0.25) is 0 Å². The molecule has 2 aromatic carbocycles. The molecule has 0 aliphatic carbocycles. The Bertz CT molecular complexity index is 322. The second-order valence-corrected chi connectivity index (χ2v) is 2.51. The van der Waals surface area contributed by atoms with E-state index in [2.05, 4.69) is 0 Å². The van der Waals surface area contributed by atoms with Crippen molar-refractivity contribution >= 4 is 0 Å². The number of aliphatic hydroxyl groups is 2. The molecule has 19 heavy (non-hydrogen) atoms. The van der Waals surface area contributed by atoms with Crippen LogP contribution in [0.4, 0.5) is 0 Å². The Morgan fingerprint density at radius 1 is 0.474 bits per heavy atom. The largest absolute Gasteiger partial charge is 0.443 e. The third-order valence-corrected chi connectivity index (χ3v) is 1.33. The molecule has 0 aliphatic rings. The second-order valence-electron chi connectivity index (χ2n) is 2.51. The summed E-state index contributed by atoms with van der Waals surface area (Å²) in [6.45, 7) is 0. The smallest absolute Gasteiger partial charge is 0.283 e. The van der Waals surface area contributed by atoms with E-state index in [1.807, 2.05) is 72.8 Å². The monoisotopic (exact) mass is 258 g/mol. The maximum atomic E-state index is 6.88. The normalized spacial score (nSPS) is 5.79. The van der Waals surface area contributed by atoms with E-state index >= 15 is 0 Å². The van der Waals surface area contributed by atoms with Crippen LogP contribution in [0.1, 0.15) is 7.43 Å². The summed E-state index contributed by atoms with van der Waals surface area (Å²) in [6, 6.07) is 24.0. The quantitative estimate of drug-likeness (QED) is 0.705. The first-order chi connectivity index (χ1) is 8.83. The summed E-state index contributed by atoms with van der Waals surface area (Å²) < 4.78 is 0. The number of rotatable bonds is 0. The highest BCUT2D eigenvalue weighted by Crippen LogP contribution is 1.80. The van der Waals surface area contributed by atoms with Gasteiger partial charge in [-0.25, -0.2) is 0 Å². The van der Waals surface area contributed by atoms with E-state index in [-0.39, 0.29) is 7.43 Å². The number of nitrogens with zero attached hydrogens (tertiary/aromatic N) is 2. The SMILES string of the molecule is C.N#CO.N#CO.c1ccccc1.c1ccccc1. The van der Waals surface area contributed by atoms with E-state index in [4.69, 9.17) is 20.7 Å². The van der Waals surface area contributed by atoms with Crippen molar-refractivity contribution in [3.05, 3.63) is 72.8 Å². The van der Waals surface area contributed by atoms with Crippen molar-refractivity contribution in [3.8, 4) is 12.5 Å². The molecule has 0 amide bonds. The van der Waals surface area contributed by atoms with Gasteiger partial charge in [0.15, 0.2) is 0 Å². The third kappa shape index (κ3) is 31.3. The van der Waals surface area contributed by atoms with Crippen LogP contribution in [0.3, 0.4) is 0 Å². The van der Waals surface area contributed by atoms with Crippen LogP contribution >= 0.6 is 0 Å². The standard InChI is InChI=1S/2C6H6.2CHNO.CH4/c2*1-2-4-6-5-3-1;2*2-1-3;/h2*1-6H;2*3H;1H4. The molecule has 0 saturated carbocycles. The lowest BCUT2D eigenvalue weighted by Gasteiger charge is -1.69. The van der Waals surface area contributed by atoms with Gasteiger partial charge in [0.25, 0.3) is 12.5 Å². The highest BCUT2D eigenvalue weighted by molar-refractivity contribution is 4.99. The molecule has 0 aliphatic heterocycles. The summed E-state index contributed by atoms with van der Waals surface area (Å²) in [6.07, 6.45) is 1.50. The molecule has 0 bridgehead atoms. The average Bonchev–Trinajstić information content (AvgIpc) is 2.45. The van der Waals surface area contributed by atoms with Gasteiger partial charge in [-0.1, -0.05) is 80.2 Å². The predicted octanol–water partition coefficient (Wildman–Crippen LogP) is 3.69. The Balaban J connectivity index is -0.000000188. The molecule has 0 atom stereocenters. The van der Waals surface area contributed by atoms with Gasteiger partial charge in [-0.2, -0.15) is 10.5 Å². The van der Waals surface area contributed by atoms with Crippen LogP contribution in [0.15, 0.2) is 72.8 Å². The van der Waals surface area contributed by atoms with Crippen molar-refractivity contribution in [1.82, 2.24) is 0 Å². The Morgan fingerprint density at radius 3 is 0.579 bits per heavy atom. The molecule has 2 N–H and O–H groups in total. The van der Waals surface area contributed by atoms with Crippen molar-refractivity contribution in [2.45, 2.75) is 7.43 Å². The lowest BCUT2D eigenvalue weighted by Crippen LogP contribution is -1.47. The molecule has 2 aromatic rings. The summed E-state index contributed by atoms with van der Waals surface area (Å²) in [7, 11) is 0. The molecule has 0 unspecified atom stereocenters. The minimum Gasteiger partial charge on any atom is -0.443 e. The molecule has 0 spiro atoms. The maximum Gasteiger partial charge on any atom is 0.283 e. The fourth-order valence-electron chi connectivity index (χ4n) is 0.770. The predicted molar refractivity (Wildman–Crippen MR) is 74.7 cm³/mol. The van der Waals surface area contributed by atoms with Crippen LogP contribution in [-0.4, -0.2) is 10.2 Å². The van der Waals surface area contributed by atoms with Crippen LogP contribution < -0.4 is 0 Å². The number of aliphatic hydroxyl groups excluding tert-OH is 2. The van der Waals surface area contributed by atoms with Crippen molar-refractivity contribution in [2.24, 2.45) is 0 Å². The molecule has 0 fully saturated rings.